The fourth-order valence-corrected chi connectivity index (χ4v) is 6.40. The van der Waals surface area contributed by atoms with Gasteiger partial charge in [-0.2, -0.15) is 5.10 Å². The Bertz CT molecular complexity index is 1400. The number of allylic oxidation sites excluding steroid dienone is 1. The maximum atomic E-state index is 13.7. The van der Waals surface area contributed by atoms with Crippen LogP contribution in [0.1, 0.15) is 61.0 Å². The molecule has 198 valence electrons. The molecular formula is C28H29Br2N5O2S. The standard InChI is InChI=1S/C28H29Br2N5O2S/c1-16-22(26(36)33-21-13-11-18(29)12-14-21)24(17-7-6-8-19(30)15-17)35-25(31-16)23(28(34-35)38-2)27(37)32-20-9-4-3-5-10-20/h6-8,11-15,20,24,31H,3-5,9-10H2,1-2H3,(H,32,37)(H,33,36). The summed E-state index contributed by atoms with van der Waals surface area (Å²) in [6.07, 6.45) is 7.40. The number of thioether (sulfide) groups is 1. The van der Waals surface area contributed by atoms with E-state index in [0.717, 1.165) is 40.2 Å². The maximum absolute atomic E-state index is 13.7. The summed E-state index contributed by atoms with van der Waals surface area (Å²) in [6, 6.07) is 15.0. The zero-order chi connectivity index (χ0) is 26.8. The molecule has 1 aliphatic heterocycles. The summed E-state index contributed by atoms with van der Waals surface area (Å²) in [7, 11) is 0. The third-order valence-corrected chi connectivity index (χ3v) is 8.67. The molecule has 10 heteroatoms. The number of rotatable bonds is 6. The monoisotopic (exact) mass is 657 g/mol. The lowest BCUT2D eigenvalue weighted by molar-refractivity contribution is -0.113. The van der Waals surface area contributed by atoms with Crippen LogP contribution in [0.15, 0.2) is 73.8 Å². The number of carbonyl (C=O) groups is 2. The van der Waals surface area contributed by atoms with Crippen molar-refractivity contribution >= 4 is 66.9 Å². The molecule has 7 nitrogen and oxygen atoms in total. The molecule has 1 aromatic heterocycles. The molecule has 0 radical (unpaired) electrons. The number of fused-ring (bicyclic) bond motifs is 1. The molecule has 2 heterocycles. The Hall–Kier alpha value is -2.56. The molecule has 1 atom stereocenters. The lowest BCUT2D eigenvalue weighted by atomic mass is 9.94. The van der Waals surface area contributed by atoms with Gasteiger partial charge in [0, 0.05) is 26.4 Å². The summed E-state index contributed by atoms with van der Waals surface area (Å²) in [5, 5.41) is 15.1. The van der Waals surface area contributed by atoms with Crippen molar-refractivity contribution in [3.05, 3.63) is 79.9 Å². The van der Waals surface area contributed by atoms with Crippen molar-refractivity contribution < 1.29 is 9.59 Å². The fourth-order valence-electron chi connectivity index (χ4n) is 5.16. The van der Waals surface area contributed by atoms with Gasteiger partial charge in [-0.1, -0.05) is 63.3 Å². The molecule has 2 aliphatic rings. The molecule has 0 spiro atoms. The summed E-state index contributed by atoms with van der Waals surface area (Å²) >= 11 is 8.45. The summed E-state index contributed by atoms with van der Waals surface area (Å²) < 4.78 is 3.61. The largest absolute Gasteiger partial charge is 0.349 e. The van der Waals surface area contributed by atoms with E-state index in [4.69, 9.17) is 5.10 Å². The Kier molecular flexibility index (Phi) is 8.30. The van der Waals surface area contributed by atoms with Crippen LogP contribution >= 0.6 is 43.6 Å². The van der Waals surface area contributed by atoms with Gasteiger partial charge in [-0.25, -0.2) is 4.68 Å². The number of nitrogens with zero attached hydrogens (tertiary/aromatic N) is 2. The molecule has 1 aliphatic carbocycles. The van der Waals surface area contributed by atoms with Crippen LogP contribution in [-0.4, -0.2) is 33.9 Å². The zero-order valence-corrected chi connectivity index (χ0v) is 25.2. The highest BCUT2D eigenvalue weighted by molar-refractivity contribution is 9.10. The Morgan fingerprint density at radius 1 is 1.03 bits per heavy atom. The van der Waals surface area contributed by atoms with Crippen LogP contribution in [0.5, 0.6) is 0 Å². The Morgan fingerprint density at radius 2 is 1.76 bits per heavy atom. The minimum Gasteiger partial charge on any atom is -0.349 e. The summed E-state index contributed by atoms with van der Waals surface area (Å²) in [5.74, 6) is 0.242. The van der Waals surface area contributed by atoms with Gasteiger partial charge in [0.05, 0.1) is 5.57 Å². The van der Waals surface area contributed by atoms with Gasteiger partial charge in [0.2, 0.25) is 0 Å². The van der Waals surface area contributed by atoms with E-state index in [2.05, 4.69) is 47.8 Å². The number of anilines is 2. The topological polar surface area (TPSA) is 88.1 Å². The van der Waals surface area contributed by atoms with Crippen molar-refractivity contribution in [1.82, 2.24) is 15.1 Å². The molecule has 38 heavy (non-hydrogen) atoms. The number of amides is 2. The highest BCUT2D eigenvalue weighted by Gasteiger charge is 2.37. The quantitative estimate of drug-likeness (QED) is 0.246. The van der Waals surface area contributed by atoms with Crippen LogP contribution in [-0.2, 0) is 4.79 Å². The predicted octanol–water partition coefficient (Wildman–Crippen LogP) is 7.12. The number of halogens is 2. The van der Waals surface area contributed by atoms with E-state index in [1.807, 2.05) is 61.7 Å². The lowest BCUT2D eigenvalue weighted by Gasteiger charge is -2.30. The molecule has 1 fully saturated rings. The van der Waals surface area contributed by atoms with Crippen molar-refractivity contribution in [3.8, 4) is 0 Å². The second-order valence-corrected chi connectivity index (χ2v) is 12.2. The first kappa shape index (κ1) is 27.0. The van der Waals surface area contributed by atoms with Crippen LogP contribution in [0.25, 0.3) is 0 Å². The van der Waals surface area contributed by atoms with Crippen LogP contribution in [0.4, 0.5) is 11.5 Å². The van der Waals surface area contributed by atoms with Crippen molar-refractivity contribution in [1.29, 1.82) is 0 Å². The van der Waals surface area contributed by atoms with E-state index in [0.29, 0.717) is 33.4 Å². The van der Waals surface area contributed by atoms with Crippen molar-refractivity contribution in [2.75, 3.05) is 16.9 Å². The average Bonchev–Trinajstić information content (AvgIpc) is 3.28. The molecule has 1 saturated carbocycles. The van der Waals surface area contributed by atoms with Gasteiger partial charge < -0.3 is 16.0 Å². The summed E-state index contributed by atoms with van der Waals surface area (Å²) in [5.41, 5.74) is 3.31. The first-order valence-electron chi connectivity index (χ1n) is 12.6. The first-order chi connectivity index (χ1) is 18.4. The molecule has 5 rings (SSSR count). The van der Waals surface area contributed by atoms with Gasteiger partial charge in [0.1, 0.15) is 22.4 Å². The second kappa shape index (κ2) is 11.7. The molecule has 1 unspecified atom stereocenters. The number of carbonyl (C=O) groups excluding carboxylic acids is 2. The normalized spacial score (nSPS) is 17.5. The molecular weight excluding hydrogens is 630 g/mol. The number of hydrogen-bond donors (Lipinski definition) is 3. The molecule has 3 N–H and O–H groups in total. The van der Waals surface area contributed by atoms with E-state index >= 15 is 0 Å². The average molecular weight is 659 g/mol. The Balaban J connectivity index is 1.57. The Labute approximate surface area is 243 Å². The van der Waals surface area contributed by atoms with E-state index in [1.165, 1.54) is 18.2 Å². The van der Waals surface area contributed by atoms with Crippen molar-refractivity contribution in [2.24, 2.45) is 0 Å². The van der Waals surface area contributed by atoms with E-state index in [9.17, 15) is 9.59 Å². The number of aromatic nitrogens is 2. The minimum atomic E-state index is -0.527. The summed E-state index contributed by atoms with van der Waals surface area (Å²) in [6.45, 7) is 1.87. The third kappa shape index (κ3) is 5.58. The van der Waals surface area contributed by atoms with Crippen LogP contribution < -0.4 is 16.0 Å². The van der Waals surface area contributed by atoms with Crippen LogP contribution in [0, 0.1) is 0 Å². The van der Waals surface area contributed by atoms with Gasteiger partial charge in [0.15, 0.2) is 0 Å². The van der Waals surface area contributed by atoms with Gasteiger partial charge >= 0.3 is 0 Å². The lowest BCUT2D eigenvalue weighted by Crippen LogP contribution is -2.37. The smallest absolute Gasteiger partial charge is 0.258 e. The molecule has 3 aromatic rings. The molecule has 0 saturated heterocycles. The first-order valence-corrected chi connectivity index (χ1v) is 15.4. The predicted molar refractivity (Wildman–Crippen MR) is 160 cm³/mol. The molecule has 0 bridgehead atoms. The van der Waals surface area contributed by atoms with Crippen LogP contribution in [0.2, 0.25) is 0 Å². The maximum Gasteiger partial charge on any atom is 0.258 e. The Morgan fingerprint density at radius 3 is 2.45 bits per heavy atom. The van der Waals surface area contributed by atoms with Gasteiger partial charge in [-0.15, -0.1) is 11.8 Å². The zero-order valence-electron chi connectivity index (χ0n) is 21.2. The van der Waals surface area contributed by atoms with Crippen LogP contribution in [0.3, 0.4) is 0 Å². The van der Waals surface area contributed by atoms with Gasteiger partial charge in [0.25, 0.3) is 11.8 Å². The van der Waals surface area contributed by atoms with E-state index < -0.39 is 6.04 Å². The SMILES string of the molecule is CSc1nn2c(c1C(=O)NC1CCCCC1)NC(C)=C(C(=O)Nc1ccc(Br)cc1)C2c1cccc(Br)c1. The molecule has 2 amide bonds. The summed E-state index contributed by atoms with van der Waals surface area (Å²) in [4.78, 5) is 27.3. The van der Waals surface area contributed by atoms with Gasteiger partial charge in [-0.3, -0.25) is 9.59 Å². The van der Waals surface area contributed by atoms with Crippen molar-refractivity contribution in [3.63, 3.8) is 0 Å². The van der Waals surface area contributed by atoms with E-state index in [1.54, 1.807) is 4.68 Å². The highest BCUT2D eigenvalue weighted by Crippen LogP contribution is 2.41. The minimum absolute atomic E-state index is 0.126. The fraction of sp³-hybridized carbons (Fsp3) is 0.321. The number of benzene rings is 2. The highest BCUT2D eigenvalue weighted by atomic mass is 79.9. The van der Waals surface area contributed by atoms with Crippen molar-refractivity contribution in [2.45, 2.75) is 56.1 Å². The molecule has 2 aromatic carbocycles. The second-order valence-electron chi connectivity index (χ2n) is 9.57. The number of nitrogens with one attached hydrogen (secondary N) is 3. The number of hydrogen-bond acceptors (Lipinski definition) is 5. The third-order valence-electron chi connectivity index (χ3n) is 6.98. The van der Waals surface area contributed by atoms with E-state index in [-0.39, 0.29) is 17.9 Å². The van der Waals surface area contributed by atoms with Gasteiger partial charge in [-0.05, 0) is 68.0 Å².